The van der Waals surface area contributed by atoms with E-state index in [2.05, 4.69) is 18.3 Å². The number of fused-ring (bicyclic) bond motifs is 1. The third-order valence-electron chi connectivity index (χ3n) is 7.76. The monoisotopic (exact) mass is 443 g/mol. The van der Waals surface area contributed by atoms with E-state index in [1.807, 2.05) is 38.2 Å². The van der Waals surface area contributed by atoms with Crippen LogP contribution in [0.25, 0.3) is 0 Å². The number of nitrogens with one attached hydrogen (secondary N) is 1. The predicted octanol–water partition coefficient (Wildman–Crippen LogP) is 2.75. The van der Waals surface area contributed by atoms with E-state index in [1.54, 1.807) is 6.92 Å². The molecule has 32 heavy (non-hydrogen) atoms. The Kier molecular flexibility index (Phi) is 7.56. The second kappa shape index (κ2) is 9.84. The molecule has 6 nitrogen and oxygen atoms in total. The zero-order chi connectivity index (χ0) is 23.6. The molecule has 0 aromatic rings. The van der Waals surface area contributed by atoms with E-state index in [1.165, 1.54) is 0 Å². The molecule has 6 heteroatoms. The van der Waals surface area contributed by atoms with Crippen molar-refractivity contribution >= 4 is 17.5 Å². The second-order valence-electron chi connectivity index (χ2n) is 10.2. The Morgan fingerprint density at radius 2 is 2.03 bits per heavy atom. The van der Waals surface area contributed by atoms with E-state index in [4.69, 9.17) is 0 Å². The number of allylic oxidation sites excluding steroid dienone is 5. The van der Waals surface area contributed by atoms with Gasteiger partial charge in [-0.15, -0.1) is 0 Å². The Bertz CT molecular complexity index is 841. The maximum absolute atomic E-state index is 14.0. The van der Waals surface area contributed by atoms with Crippen LogP contribution >= 0.6 is 0 Å². The third kappa shape index (κ3) is 4.53. The SMILES string of the molecule is CC1=C[C@@H]2C[C@@H](C)CC[C@@H]2[C@@](C)(C(=O)C2C(=O)N[C@H](CO)C2=O)[C@@H]1/C=C/C=C/C[C@@H](C)O. The van der Waals surface area contributed by atoms with Crippen molar-refractivity contribution in [2.45, 2.75) is 65.5 Å². The van der Waals surface area contributed by atoms with Gasteiger partial charge in [-0.05, 0) is 50.9 Å². The molecule has 0 radical (unpaired) electrons. The first-order valence-corrected chi connectivity index (χ1v) is 11.8. The summed E-state index contributed by atoms with van der Waals surface area (Å²) in [5.41, 5.74) is 0.196. The Hall–Kier alpha value is -2.05. The minimum absolute atomic E-state index is 0.0553. The molecule has 176 valence electrons. The van der Waals surface area contributed by atoms with Crippen LogP contribution in [0.3, 0.4) is 0 Å². The molecule has 0 spiro atoms. The van der Waals surface area contributed by atoms with Crippen molar-refractivity contribution in [2.24, 2.45) is 35.0 Å². The van der Waals surface area contributed by atoms with Gasteiger partial charge in [0.1, 0.15) is 6.04 Å². The van der Waals surface area contributed by atoms with Crippen molar-refractivity contribution in [3.05, 3.63) is 36.0 Å². The molecular weight excluding hydrogens is 406 g/mol. The number of amides is 1. The van der Waals surface area contributed by atoms with Crippen LogP contribution in [0.15, 0.2) is 36.0 Å². The minimum atomic E-state index is -1.36. The second-order valence-corrected chi connectivity index (χ2v) is 10.2. The summed E-state index contributed by atoms with van der Waals surface area (Å²) in [7, 11) is 0. The van der Waals surface area contributed by atoms with E-state index in [-0.39, 0.29) is 23.5 Å². The number of ketones is 2. The van der Waals surface area contributed by atoms with Gasteiger partial charge in [0.2, 0.25) is 5.91 Å². The van der Waals surface area contributed by atoms with Crippen LogP contribution in [0.4, 0.5) is 0 Å². The molecule has 1 saturated carbocycles. The van der Waals surface area contributed by atoms with Gasteiger partial charge in [0.15, 0.2) is 17.5 Å². The van der Waals surface area contributed by atoms with Gasteiger partial charge in [-0.1, -0.05) is 56.2 Å². The summed E-state index contributed by atoms with van der Waals surface area (Å²) in [5, 5.41) is 21.4. The molecule has 0 aromatic carbocycles. The fourth-order valence-electron chi connectivity index (χ4n) is 6.07. The van der Waals surface area contributed by atoms with Crippen molar-refractivity contribution in [2.75, 3.05) is 6.61 Å². The highest BCUT2D eigenvalue weighted by molar-refractivity contribution is 6.25. The topological polar surface area (TPSA) is 104 Å². The standard InChI is InChI=1S/C26H37NO5/c1-15-10-11-20-18(12-15)13-16(2)19(9-7-5-6-8-17(3)29)26(20,4)24(31)22-23(30)21(14-28)27-25(22)32/h5-7,9,13,15,17-22,28-29H,8,10-12,14H2,1-4H3,(H,27,32)/b6-5+,9-7+/t15-,17+,18-,19+,20-,21+,22?,26-/m0/s1. The Morgan fingerprint density at radius 1 is 1.31 bits per heavy atom. The number of rotatable bonds is 7. The van der Waals surface area contributed by atoms with Crippen LogP contribution in [-0.2, 0) is 14.4 Å². The molecule has 3 N–H and O–H groups in total. The first-order valence-electron chi connectivity index (χ1n) is 11.8. The Balaban J connectivity index is 2.00. The first-order chi connectivity index (χ1) is 15.1. The Labute approximate surface area is 190 Å². The lowest BCUT2D eigenvalue weighted by Crippen LogP contribution is -2.53. The molecule has 1 amide bonds. The van der Waals surface area contributed by atoms with Crippen LogP contribution in [0, 0.1) is 35.0 Å². The highest BCUT2D eigenvalue weighted by Gasteiger charge is 2.58. The van der Waals surface area contributed by atoms with E-state index in [0.29, 0.717) is 12.3 Å². The highest BCUT2D eigenvalue weighted by atomic mass is 16.3. The zero-order valence-electron chi connectivity index (χ0n) is 19.6. The Morgan fingerprint density at radius 3 is 2.66 bits per heavy atom. The molecule has 0 bridgehead atoms. The van der Waals surface area contributed by atoms with Crippen molar-refractivity contribution in [3.8, 4) is 0 Å². The molecule has 0 aromatic heterocycles. The van der Waals surface area contributed by atoms with Crippen molar-refractivity contribution in [1.29, 1.82) is 0 Å². The third-order valence-corrected chi connectivity index (χ3v) is 7.76. The summed E-state index contributed by atoms with van der Waals surface area (Å²) >= 11 is 0. The van der Waals surface area contributed by atoms with Crippen molar-refractivity contribution < 1.29 is 24.6 Å². The number of carbonyl (C=O) groups is 3. The van der Waals surface area contributed by atoms with Gasteiger partial charge in [0.05, 0.1) is 12.7 Å². The van der Waals surface area contributed by atoms with Crippen molar-refractivity contribution in [1.82, 2.24) is 5.32 Å². The van der Waals surface area contributed by atoms with Crippen LogP contribution in [0.1, 0.15) is 53.4 Å². The molecule has 1 aliphatic heterocycles. The quantitative estimate of drug-likeness (QED) is 0.319. The maximum atomic E-state index is 14.0. The highest BCUT2D eigenvalue weighted by Crippen LogP contribution is 2.56. The van der Waals surface area contributed by atoms with E-state index >= 15 is 0 Å². The average molecular weight is 444 g/mol. The van der Waals surface area contributed by atoms with Crippen LogP contribution < -0.4 is 5.32 Å². The van der Waals surface area contributed by atoms with Gasteiger partial charge >= 0.3 is 0 Å². The van der Waals surface area contributed by atoms with Crippen LogP contribution in [0.2, 0.25) is 0 Å². The summed E-state index contributed by atoms with van der Waals surface area (Å²) in [6.45, 7) is 7.43. The van der Waals surface area contributed by atoms with Gasteiger partial charge in [0.25, 0.3) is 0 Å². The predicted molar refractivity (Wildman–Crippen MR) is 122 cm³/mol. The smallest absolute Gasteiger partial charge is 0.238 e. The normalized spacial score (nSPS) is 38.6. The van der Waals surface area contributed by atoms with Gasteiger partial charge < -0.3 is 15.5 Å². The number of hydrogen-bond donors (Lipinski definition) is 3. The van der Waals surface area contributed by atoms with Gasteiger partial charge in [0, 0.05) is 11.3 Å². The summed E-state index contributed by atoms with van der Waals surface area (Å²) in [6, 6.07) is -1.00. The lowest BCUT2D eigenvalue weighted by atomic mass is 9.50. The van der Waals surface area contributed by atoms with Crippen molar-refractivity contribution in [3.63, 3.8) is 0 Å². The fourth-order valence-corrected chi connectivity index (χ4v) is 6.07. The number of Topliss-reactive ketones (excluding diaryl/α,β-unsaturated/α-hetero) is 2. The van der Waals surface area contributed by atoms with Gasteiger partial charge in [-0.2, -0.15) is 0 Å². The lowest BCUT2D eigenvalue weighted by molar-refractivity contribution is -0.147. The van der Waals surface area contributed by atoms with E-state index in [0.717, 1.165) is 24.8 Å². The summed E-state index contributed by atoms with van der Waals surface area (Å²) in [5.74, 6) is -2.14. The lowest BCUT2D eigenvalue weighted by Gasteiger charge is -2.51. The van der Waals surface area contributed by atoms with E-state index < -0.39 is 41.8 Å². The van der Waals surface area contributed by atoms with Crippen LogP contribution in [0.5, 0.6) is 0 Å². The maximum Gasteiger partial charge on any atom is 0.238 e. The molecule has 1 saturated heterocycles. The molecule has 8 atom stereocenters. The average Bonchev–Trinajstić information content (AvgIpc) is 3.01. The van der Waals surface area contributed by atoms with E-state index in [9.17, 15) is 24.6 Å². The largest absolute Gasteiger partial charge is 0.394 e. The summed E-state index contributed by atoms with van der Waals surface area (Å²) in [4.78, 5) is 39.4. The minimum Gasteiger partial charge on any atom is -0.394 e. The molecule has 3 rings (SSSR count). The summed E-state index contributed by atoms with van der Waals surface area (Å²) in [6.07, 6.45) is 13.0. The molecular formula is C26H37NO5. The number of carbonyl (C=O) groups excluding carboxylic acids is 3. The molecule has 3 aliphatic rings. The number of aliphatic hydroxyl groups is 2. The van der Waals surface area contributed by atoms with Gasteiger partial charge in [-0.3, -0.25) is 14.4 Å². The summed E-state index contributed by atoms with van der Waals surface area (Å²) < 4.78 is 0. The fraction of sp³-hybridized carbons (Fsp3) is 0.654. The number of hydrogen-bond acceptors (Lipinski definition) is 5. The first kappa shape index (κ1) is 24.6. The van der Waals surface area contributed by atoms with Crippen LogP contribution in [-0.4, -0.2) is 46.4 Å². The zero-order valence-corrected chi connectivity index (χ0v) is 19.6. The number of aliphatic hydroxyl groups excluding tert-OH is 2. The molecule has 2 fully saturated rings. The molecule has 1 heterocycles. The van der Waals surface area contributed by atoms with Gasteiger partial charge in [-0.25, -0.2) is 0 Å². The molecule has 2 aliphatic carbocycles. The molecule has 1 unspecified atom stereocenters.